The van der Waals surface area contributed by atoms with Gasteiger partial charge in [-0.05, 0) is 23.8 Å². The summed E-state index contributed by atoms with van der Waals surface area (Å²) in [6.07, 6.45) is 6.28. The average Bonchev–Trinajstić information content (AvgIpc) is 2.85. The number of nitrogens with zero attached hydrogens (tertiary/aromatic N) is 1. The molecule has 98 valence electrons. The molecule has 1 heterocycles. The molecule has 2 aromatic carbocycles. The lowest BCUT2D eigenvalue weighted by atomic mass is 10.2. The van der Waals surface area contributed by atoms with Crippen molar-refractivity contribution in [3.05, 3.63) is 77.8 Å². The van der Waals surface area contributed by atoms with E-state index in [1.807, 2.05) is 23.5 Å². The number of benzene rings is 2. The zero-order valence-electron chi connectivity index (χ0n) is 11.2. The van der Waals surface area contributed by atoms with Gasteiger partial charge in [-0.2, -0.15) is 4.57 Å². The molecular weight excluding hydrogens is 262 g/mol. The first kappa shape index (κ1) is 12.8. The second-order valence-electron chi connectivity index (χ2n) is 4.55. The predicted molar refractivity (Wildman–Crippen MR) is 87.6 cm³/mol. The lowest BCUT2D eigenvalue weighted by Crippen LogP contribution is -2.33. The highest BCUT2D eigenvalue weighted by molar-refractivity contribution is 7.18. The summed E-state index contributed by atoms with van der Waals surface area (Å²) in [5.74, 6) is 0. The van der Waals surface area contributed by atoms with Crippen LogP contribution in [0.5, 0.6) is 0 Å². The molecule has 0 saturated heterocycles. The number of hydrogen-bond acceptors (Lipinski definition) is 1. The van der Waals surface area contributed by atoms with Gasteiger partial charge in [-0.25, -0.2) is 0 Å². The summed E-state index contributed by atoms with van der Waals surface area (Å²) in [6.45, 7) is 4.69. The van der Waals surface area contributed by atoms with E-state index in [0.717, 1.165) is 6.54 Å². The predicted octanol–water partition coefficient (Wildman–Crippen LogP) is 4.55. The van der Waals surface area contributed by atoms with E-state index in [4.69, 9.17) is 0 Å². The van der Waals surface area contributed by atoms with Gasteiger partial charge in [0.25, 0.3) is 5.01 Å². The molecule has 0 aliphatic heterocycles. The van der Waals surface area contributed by atoms with Gasteiger partial charge in [0.15, 0.2) is 6.54 Å². The number of aromatic nitrogens is 1. The van der Waals surface area contributed by atoms with Crippen LogP contribution in [0.15, 0.2) is 67.3 Å². The standard InChI is InChI=1S/C18H16NS/c1-2-14-19-16-10-6-7-11-17(16)20-18(19)13-12-15-8-4-3-5-9-15/h2-13H,1,14H2/q+1/b13-12+. The lowest BCUT2D eigenvalue weighted by molar-refractivity contribution is -0.658. The maximum atomic E-state index is 3.86. The largest absolute Gasteiger partial charge is 0.263 e. The van der Waals surface area contributed by atoms with Gasteiger partial charge in [-0.3, -0.25) is 0 Å². The fourth-order valence-electron chi connectivity index (χ4n) is 2.23. The van der Waals surface area contributed by atoms with Gasteiger partial charge in [-0.1, -0.05) is 60.4 Å². The molecule has 0 N–H and O–H groups in total. The van der Waals surface area contributed by atoms with Crippen molar-refractivity contribution in [3.63, 3.8) is 0 Å². The Hall–Kier alpha value is -2.19. The first-order valence-electron chi connectivity index (χ1n) is 6.64. The highest BCUT2D eigenvalue weighted by Gasteiger charge is 2.16. The van der Waals surface area contributed by atoms with E-state index < -0.39 is 0 Å². The van der Waals surface area contributed by atoms with E-state index in [9.17, 15) is 0 Å². The molecule has 1 nitrogen and oxygen atoms in total. The Morgan fingerprint density at radius 2 is 1.70 bits per heavy atom. The highest BCUT2D eigenvalue weighted by atomic mass is 32.1. The third kappa shape index (κ3) is 2.56. The Morgan fingerprint density at radius 3 is 2.50 bits per heavy atom. The topological polar surface area (TPSA) is 3.88 Å². The SMILES string of the molecule is C=CC[n+]1c(/C=C/c2ccccc2)sc2ccccc21. The van der Waals surface area contributed by atoms with Crippen molar-refractivity contribution in [3.8, 4) is 0 Å². The molecule has 0 unspecified atom stereocenters. The van der Waals surface area contributed by atoms with Crippen molar-refractivity contribution in [2.45, 2.75) is 6.54 Å². The van der Waals surface area contributed by atoms with Crippen LogP contribution in [-0.2, 0) is 6.54 Å². The summed E-state index contributed by atoms with van der Waals surface area (Å²) < 4.78 is 3.61. The van der Waals surface area contributed by atoms with Crippen molar-refractivity contribution in [2.24, 2.45) is 0 Å². The number of hydrogen-bond donors (Lipinski definition) is 0. The maximum Gasteiger partial charge on any atom is 0.263 e. The molecule has 3 aromatic rings. The van der Waals surface area contributed by atoms with Gasteiger partial charge < -0.3 is 0 Å². The zero-order chi connectivity index (χ0) is 13.8. The molecule has 0 atom stereocenters. The van der Waals surface area contributed by atoms with Crippen molar-refractivity contribution in [2.75, 3.05) is 0 Å². The molecule has 0 aliphatic rings. The molecule has 0 spiro atoms. The van der Waals surface area contributed by atoms with Crippen LogP contribution in [0.25, 0.3) is 22.4 Å². The smallest absolute Gasteiger partial charge is 0.178 e. The van der Waals surface area contributed by atoms with E-state index in [2.05, 4.69) is 71.8 Å². The molecule has 0 bridgehead atoms. The molecule has 0 saturated carbocycles. The molecule has 0 fully saturated rings. The van der Waals surface area contributed by atoms with Crippen LogP contribution in [0.4, 0.5) is 0 Å². The quantitative estimate of drug-likeness (QED) is 0.487. The van der Waals surface area contributed by atoms with Crippen molar-refractivity contribution >= 4 is 33.7 Å². The summed E-state index contributed by atoms with van der Waals surface area (Å²) in [5, 5.41) is 1.25. The van der Waals surface area contributed by atoms with Gasteiger partial charge in [0.2, 0.25) is 5.52 Å². The molecule has 20 heavy (non-hydrogen) atoms. The minimum atomic E-state index is 0.832. The van der Waals surface area contributed by atoms with E-state index in [1.54, 1.807) is 0 Å². The second kappa shape index (κ2) is 5.85. The van der Waals surface area contributed by atoms with Crippen LogP contribution in [0.3, 0.4) is 0 Å². The van der Waals surface area contributed by atoms with Gasteiger partial charge in [0.1, 0.15) is 4.70 Å². The fourth-order valence-corrected chi connectivity index (χ4v) is 3.30. The first-order chi connectivity index (χ1) is 9.88. The molecule has 0 amide bonds. The number of fused-ring (bicyclic) bond motifs is 1. The number of rotatable bonds is 4. The highest BCUT2D eigenvalue weighted by Crippen LogP contribution is 2.21. The summed E-state index contributed by atoms with van der Waals surface area (Å²) >= 11 is 1.81. The van der Waals surface area contributed by atoms with Crippen LogP contribution >= 0.6 is 11.3 Å². The van der Waals surface area contributed by atoms with Gasteiger partial charge in [0.05, 0.1) is 0 Å². The van der Waals surface area contributed by atoms with E-state index >= 15 is 0 Å². The van der Waals surface area contributed by atoms with E-state index in [1.165, 1.54) is 20.8 Å². The fraction of sp³-hybridized carbons (Fsp3) is 0.0556. The summed E-state index contributed by atoms with van der Waals surface area (Å²) in [4.78, 5) is 0. The lowest BCUT2D eigenvalue weighted by Gasteiger charge is -1.92. The van der Waals surface area contributed by atoms with Crippen molar-refractivity contribution in [1.82, 2.24) is 0 Å². The first-order valence-corrected chi connectivity index (χ1v) is 7.45. The Balaban J connectivity index is 2.04. The van der Waals surface area contributed by atoms with E-state index in [-0.39, 0.29) is 0 Å². The van der Waals surface area contributed by atoms with Crippen molar-refractivity contribution < 1.29 is 4.57 Å². The molecule has 3 rings (SSSR count). The second-order valence-corrected chi connectivity index (χ2v) is 5.61. The van der Waals surface area contributed by atoms with E-state index in [0.29, 0.717) is 0 Å². The van der Waals surface area contributed by atoms with Gasteiger partial charge in [-0.15, -0.1) is 0 Å². The zero-order valence-corrected chi connectivity index (χ0v) is 12.0. The van der Waals surface area contributed by atoms with Crippen LogP contribution in [0, 0.1) is 0 Å². The number of allylic oxidation sites excluding steroid dienone is 1. The Labute approximate surface area is 123 Å². The molecule has 0 aliphatic carbocycles. The Bertz CT molecular complexity index is 753. The summed E-state index contributed by atoms with van der Waals surface area (Å²) in [5.41, 5.74) is 2.49. The van der Waals surface area contributed by atoms with Crippen LogP contribution in [-0.4, -0.2) is 0 Å². The Morgan fingerprint density at radius 1 is 0.950 bits per heavy atom. The maximum absolute atomic E-state index is 3.86. The normalized spacial score (nSPS) is 11.2. The number of para-hydroxylation sites is 1. The minimum absolute atomic E-state index is 0.832. The van der Waals surface area contributed by atoms with Crippen LogP contribution < -0.4 is 4.57 Å². The minimum Gasteiger partial charge on any atom is -0.178 e. The van der Waals surface area contributed by atoms with Gasteiger partial charge in [0, 0.05) is 12.1 Å². The Kier molecular flexibility index (Phi) is 3.75. The van der Waals surface area contributed by atoms with Crippen molar-refractivity contribution in [1.29, 1.82) is 0 Å². The molecule has 0 radical (unpaired) electrons. The third-order valence-corrected chi connectivity index (χ3v) is 4.30. The third-order valence-electron chi connectivity index (χ3n) is 3.17. The molecule has 2 heteroatoms. The molecular formula is C18H16NS+. The molecule has 1 aromatic heterocycles. The monoisotopic (exact) mass is 278 g/mol. The van der Waals surface area contributed by atoms with Crippen LogP contribution in [0.2, 0.25) is 0 Å². The summed E-state index contributed by atoms with van der Waals surface area (Å²) in [7, 11) is 0. The van der Waals surface area contributed by atoms with Crippen LogP contribution in [0.1, 0.15) is 10.6 Å². The van der Waals surface area contributed by atoms with Gasteiger partial charge >= 0.3 is 0 Å². The number of thiazole rings is 1. The average molecular weight is 278 g/mol. The summed E-state index contributed by atoms with van der Waals surface area (Å²) in [6, 6.07) is 18.9.